The van der Waals surface area contributed by atoms with Crippen molar-refractivity contribution in [3.05, 3.63) is 23.8 Å². The van der Waals surface area contributed by atoms with Crippen LogP contribution in [0.25, 0.3) is 0 Å². The minimum Gasteiger partial charge on any atom is -0.491 e. The fraction of sp³-hybridized carbons (Fsp3) is 0.588. The zero-order valence-electron chi connectivity index (χ0n) is 13.4. The Labute approximate surface area is 132 Å². The van der Waals surface area contributed by atoms with Crippen LogP contribution in [0.15, 0.2) is 18.2 Å². The number of benzene rings is 1. The molecule has 3 N–H and O–H groups in total. The van der Waals surface area contributed by atoms with Gasteiger partial charge in [-0.2, -0.15) is 0 Å². The minimum absolute atomic E-state index is 0.0285. The predicted molar refractivity (Wildman–Crippen MR) is 87.1 cm³/mol. The van der Waals surface area contributed by atoms with Crippen LogP contribution in [-0.4, -0.2) is 32.3 Å². The van der Waals surface area contributed by atoms with Crippen molar-refractivity contribution in [3.8, 4) is 5.75 Å². The first-order valence-electron chi connectivity index (χ1n) is 7.89. The van der Waals surface area contributed by atoms with Crippen molar-refractivity contribution >= 4 is 11.6 Å². The first-order valence-corrected chi connectivity index (χ1v) is 7.89. The molecule has 0 radical (unpaired) electrons. The summed E-state index contributed by atoms with van der Waals surface area (Å²) >= 11 is 0. The van der Waals surface area contributed by atoms with Gasteiger partial charge < -0.3 is 20.5 Å². The Morgan fingerprint density at radius 2 is 2.18 bits per heavy atom. The molecule has 2 unspecified atom stereocenters. The average Bonchev–Trinajstić information content (AvgIpc) is 2.50. The summed E-state index contributed by atoms with van der Waals surface area (Å²) in [5, 5.41) is 3.02. The minimum atomic E-state index is 0.0285. The summed E-state index contributed by atoms with van der Waals surface area (Å²) in [7, 11) is 1.64. The quantitative estimate of drug-likeness (QED) is 0.792. The Kier molecular flexibility index (Phi) is 6.21. The van der Waals surface area contributed by atoms with Crippen molar-refractivity contribution in [3.63, 3.8) is 0 Å². The number of methoxy groups -OCH3 is 1. The monoisotopic (exact) mass is 306 g/mol. The molecule has 1 amide bonds. The molecule has 5 heteroatoms. The van der Waals surface area contributed by atoms with E-state index in [2.05, 4.69) is 5.32 Å². The van der Waals surface area contributed by atoms with E-state index in [-0.39, 0.29) is 17.9 Å². The number of amides is 1. The third-order valence-electron chi connectivity index (χ3n) is 4.10. The molecule has 1 fully saturated rings. The van der Waals surface area contributed by atoms with Crippen LogP contribution in [0, 0.1) is 12.8 Å². The van der Waals surface area contributed by atoms with Crippen LogP contribution in [0.2, 0.25) is 0 Å². The molecule has 0 saturated heterocycles. The van der Waals surface area contributed by atoms with E-state index in [1.165, 1.54) is 0 Å². The van der Waals surface area contributed by atoms with Crippen LogP contribution in [0.4, 0.5) is 5.69 Å². The summed E-state index contributed by atoms with van der Waals surface area (Å²) in [4.78, 5) is 12.3. The molecule has 2 rings (SSSR count). The highest BCUT2D eigenvalue weighted by Gasteiger charge is 2.25. The number of rotatable bonds is 6. The summed E-state index contributed by atoms with van der Waals surface area (Å²) in [6.07, 6.45) is 3.76. The zero-order chi connectivity index (χ0) is 15.9. The van der Waals surface area contributed by atoms with Crippen molar-refractivity contribution in [2.45, 2.75) is 38.6 Å². The first-order chi connectivity index (χ1) is 10.6. The smallest absolute Gasteiger partial charge is 0.227 e. The van der Waals surface area contributed by atoms with Gasteiger partial charge in [-0.05, 0) is 49.9 Å². The number of hydrogen-bond acceptors (Lipinski definition) is 4. The van der Waals surface area contributed by atoms with Gasteiger partial charge in [0, 0.05) is 24.8 Å². The van der Waals surface area contributed by atoms with Crippen molar-refractivity contribution in [1.29, 1.82) is 0 Å². The molecule has 1 aliphatic rings. The number of nitrogens with two attached hydrogens (primary N) is 1. The third kappa shape index (κ3) is 4.71. The largest absolute Gasteiger partial charge is 0.491 e. The Morgan fingerprint density at radius 3 is 2.86 bits per heavy atom. The van der Waals surface area contributed by atoms with Gasteiger partial charge in [0.2, 0.25) is 5.91 Å². The lowest BCUT2D eigenvalue weighted by Crippen LogP contribution is -2.34. The molecule has 0 spiro atoms. The van der Waals surface area contributed by atoms with Gasteiger partial charge in [-0.1, -0.05) is 6.42 Å². The van der Waals surface area contributed by atoms with E-state index in [9.17, 15) is 4.79 Å². The van der Waals surface area contributed by atoms with Crippen LogP contribution >= 0.6 is 0 Å². The topological polar surface area (TPSA) is 73.6 Å². The molecular weight excluding hydrogens is 280 g/mol. The number of carbonyl (C=O) groups excluding carboxylic acids is 1. The Morgan fingerprint density at radius 1 is 1.36 bits per heavy atom. The average molecular weight is 306 g/mol. The summed E-state index contributed by atoms with van der Waals surface area (Å²) in [5.74, 6) is 0.888. The Hall–Kier alpha value is -1.59. The van der Waals surface area contributed by atoms with Crippen LogP contribution in [-0.2, 0) is 9.53 Å². The maximum atomic E-state index is 12.3. The maximum absolute atomic E-state index is 12.3. The summed E-state index contributed by atoms with van der Waals surface area (Å²) in [6, 6.07) is 5.84. The van der Waals surface area contributed by atoms with Gasteiger partial charge in [0.1, 0.15) is 12.4 Å². The van der Waals surface area contributed by atoms with Gasteiger partial charge in [-0.15, -0.1) is 0 Å². The molecule has 2 atom stereocenters. The van der Waals surface area contributed by atoms with Crippen molar-refractivity contribution < 1.29 is 14.3 Å². The first kappa shape index (κ1) is 16.8. The second-order valence-electron chi connectivity index (χ2n) is 5.93. The van der Waals surface area contributed by atoms with E-state index in [1.807, 2.05) is 25.1 Å². The highest BCUT2D eigenvalue weighted by Crippen LogP contribution is 2.26. The molecule has 1 aromatic carbocycles. The molecular formula is C17H26N2O3. The second kappa shape index (κ2) is 8.15. The normalized spacial score (nSPS) is 21.4. The molecule has 122 valence electrons. The zero-order valence-corrected chi connectivity index (χ0v) is 13.4. The SMILES string of the molecule is COCCOc1ccc(NC(=O)C2CCCC(N)C2)c(C)c1. The summed E-state index contributed by atoms with van der Waals surface area (Å²) in [6.45, 7) is 3.03. The molecule has 1 saturated carbocycles. The van der Waals surface area contributed by atoms with E-state index in [0.717, 1.165) is 42.7 Å². The van der Waals surface area contributed by atoms with E-state index < -0.39 is 0 Å². The number of carbonyl (C=O) groups is 1. The van der Waals surface area contributed by atoms with Gasteiger partial charge in [0.05, 0.1) is 6.61 Å². The molecule has 0 aliphatic heterocycles. The number of anilines is 1. The second-order valence-corrected chi connectivity index (χ2v) is 5.93. The lowest BCUT2D eigenvalue weighted by Gasteiger charge is -2.26. The van der Waals surface area contributed by atoms with Gasteiger partial charge >= 0.3 is 0 Å². The molecule has 0 aromatic heterocycles. The fourth-order valence-electron chi connectivity index (χ4n) is 2.81. The van der Waals surface area contributed by atoms with E-state index in [4.69, 9.17) is 15.2 Å². The highest BCUT2D eigenvalue weighted by atomic mass is 16.5. The molecule has 0 bridgehead atoms. The molecule has 22 heavy (non-hydrogen) atoms. The predicted octanol–water partition coefficient (Wildman–Crippen LogP) is 2.48. The molecule has 1 aromatic rings. The van der Waals surface area contributed by atoms with Crippen LogP contribution in [0.5, 0.6) is 5.75 Å². The van der Waals surface area contributed by atoms with Crippen LogP contribution in [0.3, 0.4) is 0 Å². The van der Waals surface area contributed by atoms with Gasteiger partial charge in [-0.3, -0.25) is 4.79 Å². The summed E-state index contributed by atoms with van der Waals surface area (Å²) in [5.41, 5.74) is 7.78. The standard InChI is InChI=1S/C17H26N2O3/c1-12-10-15(22-9-8-21-2)6-7-16(12)19-17(20)13-4-3-5-14(18)11-13/h6-7,10,13-14H,3-5,8-9,11,18H2,1-2H3,(H,19,20). The third-order valence-corrected chi connectivity index (χ3v) is 4.10. The van der Waals surface area contributed by atoms with Crippen LogP contribution < -0.4 is 15.8 Å². The summed E-state index contributed by atoms with van der Waals surface area (Å²) < 4.78 is 10.5. The fourth-order valence-corrected chi connectivity index (χ4v) is 2.81. The Balaban J connectivity index is 1.93. The van der Waals surface area contributed by atoms with E-state index in [1.54, 1.807) is 7.11 Å². The lowest BCUT2D eigenvalue weighted by molar-refractivity contribution is -0.120. The van der Waals surface area contributed by atoms with Gasteiger partial charge in [0.25, 0.3) is 0 Å². The molecule has 0 heterocycles. The van der Waals surface area contributed by atoms with Gasteiger partial charge in [0.15, 0.2) is 0 Å². The number of ether oxygens (including phenoxy) is 2. The lowest BCUT2D eigenvalue weighted by atomic mass is 9.85. The van der Waals surface area contributed by atoms with E-state index >= 15 is 0 Å². The van der Waals surface area contributed by atoms with E-state index in [0.29, 0.717) is 13.2 Å². The van der Waals surface area contributed by atoms with Crippen molar-refractivity contribution in [2.24, 2.45) is 11.7 Å². The highest BCUT2D eigenvalue weighted by molar-refractivity contribution is 5.93. The van der Waals surface area contributed by atoms with Crippen molar-refractivity contribution in [2.75, 3.05) is 25.6 Å². The number of nitrogens with one attached hydrogen (secondary N) is 1. The van der Waals surface area contributed by atoms with Gasteiger partial charge in [-0.25, -0.2) is 0 Å². The van der Waals surface area contributed by atoms with Crippen LogP contribution in [0.1, 0.15) is 31.2 Å². The molecule has 5 nitrogen and oxygen atoms in total. The number of aryl methyl sites for hydroxylation is 1. The maximum Gasteiger partial charge on any atom is 0.227 e. The Bertz CT molecular complexity index is 505. The van der Waals surface area contributed by atoms with Crippen molar-refractivity contribution in [1.82, 2.24) is 0 Å². The number of hydrogen-bond donors (Lipinski definition) is 2. The molecule has 1 aliphatic carbocycles.